The molecule has 0 fully saturated rings. The Morgan fingerprint density at radius 3 is 2.75 bits per heavy atom. The van der Waals surface area contributed by atoms with Crippen molar-refractivity contribution in [2.45, 2.75) is 39.7 Å². The zero-order valence-corrected chi connectivity index (χ0v) is 10.5. The van der Waals surface area contributed by atoms with E-state index in [2.05, 4.69) is 18.3 Å². The number of hydrogen-bond donors (Lipinski definition) is 1. The zero-order chi connectivity index (χ0) is 12.0. The Morgan fingerprint density at radius 2 is 2.12 bits per heavy atom. The number of rotatable bonds is 6. The van der Waals surface area contributed by atoms with E-state index in [1.807, 2.05) is 5.38 Å². The van der Waals surface area contributed by atoms with Gasteiger partial charge in [0.1, 0.15) is 5.78 Å². The number of thiophene rings is 1. The molecule has 0 aliphatic carbocycles. The topological polar surface area (TPSA) is 46.2 Å². The van der Waals surface area contributed by atoms with Crippen LogP contribution in [0.1, 0.15) is 37.1 Å². The summed E-state index contributed by atoms with van der Waals surface area (Å²) in [6.07, 6.45) is 1.61. The van der Waals surface area contributed by atoms with Gasteiger partial charge in [0.05, 0.1) is 6.54 Å². The molecule has 4 heteroatoms. The van der Waals surface area contributed by atoms with Gasteiger partial charge in [0, 0.05) is 17.7 Å². The maximum atomic E-state index is 11.4. The first-order chi connectivity index (χ1) is 7.63. The summed E-state index contributed by atoms with van der Waals surface area (Å²) in [4.78, 5) is 23.3. The van der Waals surface area contributed by atoms with Crippen LogP contribution in [0.25, 0.3) is 0 Å². The smallest absolute Gasteiger partial charge is 0.220 e. The van der Waals surface area contributed by atoms with Crippen LogP contribution in [-0.2, 0) is 22.6 Å². The van der Waals surface area contributed by atoms with Gasteiger partial charge in [-0.25, -0.2) is 0 Å². The fourth-order valence-electron chi connectivity index (χ4n) is 1.39. The summed E-state index contributed by atoms with van der Waals surface area (Å²) in [6, 6.07) is 2.09. The van der Waals surface area contributed by atoms with Crippen molar-refractivity contribution in [1.29, 1.82) is 0 Å². The number of nitrogens with one attached hydrogen (secondary N) is 1. The molecule has 0 atom stereocenters. The van der Waals surface area contributed by atoms with Gasteiger partial charge in [-0.1, -0.05) is 6.92 Å². The summed E-state index contributed by atoms with van der Waals surface area (Å²) in [5.41, 5.74) is 1.29. The predicted molar refractivity (Wildman–Crippen MR) is 65.5 cm³/mol. The van der Waals surface area contributed by atoms with Gasteiger partial charge in [-0.3, -0.25) is 4.79 Å². The van der Waals surface area contributed by atoms with Crippen molar-refractivity contribution in [2.75, 3.05) is 0 Å². The molecular weight excluding hydrogens is 222 g/mol. The molecule has 1 heterocycles. The molecule has 1 aromatic rings. The van der Waals surface area contributed by atoms with Crippen LogP contribution >= 0.6 is 11.3 Å². The Hall–Kier alpha value is -1.16. The molecule has 1 N–H and O–H groups in total. The molecule has 0 bridgehead atoms. The minimum atomic E-state index is -0.0503. The Labute approximate surface area is 99.9 Å². The molecule has 1 aromatic heterocycles. The third-order valence-electron chi connectivity index (χ3n) is 2.37. The van der Waals surface area contributed by atoms with E-state index in [0.717, 1.165) is 6.42 Å². The highest BCUT2D eigenvalue weighted by molar-refractivity contribution is 7.10. The summed E-state index contributed by atoms with van der Waals surface area (Å²) in [7, 11) is 0. The number of hydrogen-bond acceptors (Lipinski definition) is 3. The summed E-state index contributed by atoms with van der Waals surface area (Å²) in [6.45, 7) is 4.18. The molecule has 88 valence electrons. The second kappa shape index (κ2) is 6.43. The molecule has 0 aliphatic heterocycles. The van der Waals surface area contributed by atoms with Crippen molar-refractivity contribution in [2.24, 2.45) is 0 Å². The SMILES string of the molecule is CCc1ccsc1CNC(=O)CCC(C)=O. The van der Waals surface area contributed by atoms with Crippen LogP contribution in [0.2, 0.25) is 0 Å². The monoisotopic (exact) mass is 239 g/mol. The fourth-order valence-corrected chi connectivity index (χ4v) is 2.31. The van der Waals surface area contributed by atoms with Crippen LogP contribution in [-0.4, -0.2) is 11.7 Å². The quantitative estimate of drug-likeness (QED) is 0.828. The first-order valence-corrected chi connectivity index (χ1v) is 6.32. The van der Waals surface area contributed by atoms with E-state index in [1.165, 1.54) is 17.4 Å². The van der Waals surface area contributed by atoms with Crippen molar-refractivity contribution >= 4 is 23.0 Å². The van der Waals surface area contributed by atoms with E-state index in [0.29, 0.717) is 19.4 Å². The number of carbonyl (C=O) groups is 2. The lowest BCUT2D eigenvalue weighted by atomic mass is 10.2. The van der Waals surface area contributed by atoms with Gasteiger partial charge >= 0.3 is 0 Å². The molecule has 3 nitrogen and oxygen atoms in total. The van der Waals surface area contributed by atoms with Crippen molar-refractivity contribution in [1.82, 2.24) is 5.32 Å². The minimum absolute atomic E-state index is 0.0503. The van der Waals surface area contributed by atoms with Crippen LogP contribution in [0.3, 0.4) is 0 Å². The average molecular weight is 239 g/mol. The molecule has 0 saturated heterocycles. The third-order valence-corrected chi connectivity index (χ3v) is 3.33. The predicted octanol–water partition coefficient (Wildman–Crippen LogP) is 2.30. The molecule has 0 saturated carbocycles. The van der Waals surface area contributed by atoms with Crippen LogP contribution in [0.5, 0.6) is 0 Å². The molecule has 1 amide bonds. The van der Waals surface area contributed by atoms with Crippen molar-refractivity contribution in [3.63, 3.8) is 0 Å². The Kier molecular flexibility index (Phi) is 5.19. The zero-order valence-electron chi connectivity index (χ0n) is 9.71. The Bertz CT molecular complexity index is 371. The molecule has 1 rings (SSSR count). The lowest BCUT2D eigenvalue weighted by Crippen LogP contribution is -2.22. The molecular formula is C12H17NO2S. The first kappa shape index (κ1) is 12.9. The number of carbonyl (C=O) groups excluding carboxylic acids is 2. The van der Waals surface area contributed by atoms with Gasteiger partial charge < -0.3 is 10.1 Å². The average Bonchev–Trinajstić information content (AvgIpc) is 2.70. The van der Waals surface area contributed by atoms with E-state index in [9.17, 15) is 9.59 Å². The molecule has 0 spiro atoms. The van der Waals surface area contributed by atoms with Crippen molar-refractivity contribution < 1.29 is 9.59 Å². The lowest BCUT2D eigenvalue weighted by Gasteiger charge is -2.04. The highest BCUT2D eigenvalue weighted by atomic mass is 32.1. The summed E-state index contributed by atoms with van der Waals surface area (Å²) < 4.78 is 0. The second-order valence-electron chi connectivity index (χ2n) is 3.70. The van der Waals surface area contributed by atoms with Gasteiger partial charge in [-0.15, -0.1) is 11.3 Å². The highest BCUT2D eigenvalue weighted by Gasteiger charge is 2.06. The molecule has 0 aliphatic rings. The maximum absolute atomic E-state index is 11.4. The van der Waals surface area contributed by atoms with E-state index in [-0.39, 0.29) is 11.7 Å². The third kappa shape index (κ3) is 4.14. The summed E-state index contributed by atoms with van der Waals surface area (Å²) >= 11 is 1.66. The van der Waals surface area contributed by atoms with Gasteiger partial charge in [0.15, 0.2) is 0 Å². The van der Waals surface area contributed by atoms with E-state index >= 15 is 0 Å². The van der Waals surface area contributed by atoms with E-state index in [1.54, 1.807) is 11.3 Å². The highest BCUT2D eigenvalue weighted by Crippen LogP contribution is 2.16. The van der Waals surface area contributed by atoms with Crippen molar-refractivity contribution in [3.05, 3.63) is 21.9 Å². The Balaban J connectivity index is 2.34. The van der Waals surface area contributed by atoms with Crippen molar-refractivity contribution in [3.8, 4) is 0 Å². The lowest BCUT2D eigenvalue weighted by molar-refractivity contribution is -0.124. The Morgan fingerprint density at radius 1 is 1.38 bits per heavy atom. The number of aryl methyl sites for hydroxylation is 1. The van der Waals surface area contributed by atoms with Crippen LogP contribution in [0.15, 0.2) is 11.4 Å². The molecule has 0 aromatic carbocycles. The molecule has 0 unspecified atom stereocenters. The van der Waals surface area contributed by atoms with Crippen LogP contribution < -0.4 is 5.32 Å². The largest absolute Gasteiger partial charge is 0.351 e. The number of ketones is 1. The second-order valence-corrected chi connectivity index (χ2v) is 4.70. The van der Waals surface area contributed by atoms with Crippen LogP contribution in [0.4, 0.5) is 0 Å². The number of amides is 1. The first-order valence-electron chi connectivity index (χ1n) is 5.44. The minimum Gasteiger partial charge on any atom is -0.351 e. The standard InChI is InChI=1S/C12H17NO2S/c1-3-10-6-7-16-11(10)8-13-12(15)5-4-9(2)14/h6-7H,3-5,8H2,1-2H3,(H,13,15). The molecule has 0 radical (unpaired) electrons. The summed E-state index contributed by atoms with van der Waals surface area (Å²) in [5.74, 6) is 0.00572. The molecule has 16 heavy (non-hydrogen) atoms. The van der Waals surface area contributed by atoms with Gasteiger partial charge in [-0.05, 0) is 30.4 Å². The van der Waals surface area contributed by atoms with Gasteiger partial charge in [0.2, 0.25) is 5.91 Å². The van der Waals surface area contributed by atoms with Gasteiger partial charge in [0.25, 0.3) is 0 Å². The summed E-state index contributed by atoms with van der Waals surface area (Å²) in [5, 5.41) is 4.87. The van der Waals surface area contributed by atoms with E-state index in [4.69, 9.17) is 0 Å². The normalized spacial score (nSPS) is 10.1. The maximum Gasteiger partial charge on any atom is 0.220 e. The van der Waals surface area contributed by atoms with E-state index < -0.39 is 0 Å². The fraction of sp³-hybridized carbons (Fsp3) is 0.500. The number of Topliss-reactive ketones (excluding diaryl/α,β-unsaturated/α-hetero) is 1. The van der Waals surface area contributed by atoms with Gasteiger partial charge in [-0.2, -0.15) is 0 Å². The van der Waals surface area contributed by atoms with Crippen LogP contribution in [0, 0.1) is 0 Å².